The molecule has 1 N–H and O–H groups in total. The number of nitrogens with one attached hydrogen (secondary N) is 1. The highest BCUT2D eigenvalue weighted by atomic mass is 35.5. The molecule has 0 aliphatic rings. The summed E-state index contributed by atoms with van der Waals surface area (Å²) in [6, 6.07) is 16.3. The van der Waals surface area contributed by atoms with Gasteiger partial charge in [-0.3, -0.25) is 0 Å². The number of rotatable bonds is 5. The third-order valence-corrected chi connectivity index (χ3v) is 3.43. The lowest BCUT2D eigenvalue weighted by Crippen LogP contribution is -2.19. The zero-order chi connectivity index (χ0) is 13.7. The van der Waals surface area contributed by atoms with Crippen molar-refractivity contribution in [3.8, 4) is 5.75 Å². The molecule has 0 saturated carbocycles. The molecule has 1 unspecified atom stereocenters. The molecule has 0 aliphatic carbocycles. The van der Waals surface area contributed by atoms with E-state index < -0.39 is 0 Å². The van der Waals surface area contributed by atoms with Crippen molar-refractivity contribution in [2.45, 2.75) is 12.5 Å². The predicted molar refractivity (Wildman–Crippen MR) is 80.0 cm³/mol. The first-order valence-electron chi connectivity index (χ1n) is 6.29. The Labute approximate surface area is 119 Å². The number of likely N-dealkylation sites (N-methyl/N-ethyl adjacent to an activating group) is 1. The zero-order valence-corrected chi connectivity index (χ0v) is 11.9. The largest absolute Gasteiger partial charge is 0.496 e. The van der Waals surface area contributed by atoms with Crippen molar-refractivity contribution in [2.24, 2.45) is 0 Å². The van der Waals surface area contributed by atoms with Crippen molar-refractivity contribution in [1.29, 1.82) is 0 Å². The first kappa shape index (κ1) is 13.9. The van der Waals surface area contributed by atoms with E-state index in [9.17, 15) is 0 Å². The van der Waals surface area contributed by atoms with Gasteiger partial charge in [-0.05, 0) is 37.2 Å². The maximum absolute atomic E-state index is 6.09. The minimum atomic E-state index is 0.177. The fraction of sp³-hybridized carbons (Fsp3) is 0.250. The standard InChI is InChI=1S/C16H18ClNO/c1-18-15(10-12-6-4-3-5-7-12)14-11-13(17)8-9-16(14)19-2/h3-9,11,15,18H,10H2,1-2H3. The van der Waals surface area contributed by atoms with Gasteiger partial charge in [0.15, 0.2) is 0 Å². The summed E-state index contributed by atoms with van der Waals surface area (Å²) in [6.07, 6.45) is 0.897. The summed E-state index contributed by atoms with van der Waals surface area (Å²) in [7, 11) is 3.63. The molecule has 2 rings (SSSR count). The highest BCUT2D eigenvalue weighted by molar-refractivity contribution is 6.30. The molecule has 100 valence electrons. The summed E-state index contributed by atoms with van der Waals surface area (Å²) in [5.74, 6) is 0.861. The molecular formula is C16H18ClNO. The van der Waals surface area contributed by atoms with Gasteiger partial charge >= 0.3 is 0 Å². The Morgan fingerprint density at radius 2 is 1.89 bits per heavy atom. The van der Waals surface area contributed by atoms with Crippen molar-refractivity contribution >= 4 is 11.6 Å². The number of methoxy groups -OCH3 is 1. The van der Waals surface area contributed by atoms with Crippen LogP contribution in [-0.2, 0) is 6.42 Å². The highest BCUT2D eigenvalue weighted by Crippen LogP contribution is 2.30. The Kier molecular flexibility index (Phi) is 4.83. The van der Waals surface area contributed by atoms with Crippen LogP contribution in [0.5, 0.6) is 5.75 Å². The minimum Gasteiger partial charge on any atom is -0.496 e. The molecule has 0 spiro atoms. The quantitative estimate of drug-likeness (QED) is 0.895. The molecule has 2 nitrogen and oxygen atoms in total. The first-order chi connectivity index (χ1) is 9.24. The van der Waals surface area contributed by atoms with Crippen molar-refractivity contribution < 1.29 is 4.74 Å². The first-order valence-corrected chi connectivity index (χ1v) is 6.67. The van der Waals surface area contributed by atoms with E-state index in [-0.39, 0.29) is 6.04 Å². The summed E-state index contributed by atoms with van der Waals surface area (Å²) >= 11 is 6.09. The Balaban J connectivity index is 2.29. The summed E-state index contributed by atoms with van der Waals surface area (Å²) < 4.78 is 5.42. The zero-order valence-electron chi connectivity index (χ0n) is 11.2. The van der Waals surface area contributed by atoms with Crippen molar-refractivity contribution in [3.05, 3.63) is 64.7 Å². The SMILES string of the molecule is CNC(Cc1ccccc1)c1cc(Cl)ccc1OC. The van der Waals surface area contributed by atoms with E-state index in [0.29, 0.717) is 0 Å². The molecule has 0 heterocycles. The second kappa shape index (κ2) is 6.60. The van der Waals surface area contributed by atoms with E-state index in [4.69, 9.17) is 16.3 Å². The molecule has 0 fully saturated rings. The second-order valence-electron chi connectivity index (χ2n) is 4.42. The Morgan fingerprint density at radius 1 is 1.16 bits per heavy atom. The van der Waals surface area contributed by atoms with Gasteiger partial charge in [0.1, 0.15) is 5.75 Å². The average Bonchev–Trinajstić information content (AvgIpc) is 2.46. The number of halogens is 1. The topological polar surface area (TPSA) is 21.3 Å². The second-order valence-corrected chi connectivity index (χ2v) is 4.85. The summed E-state index contributed by atoms with van der Waals surface area (Å²) in [5.41, 5.74) is 2.37. The Hall–Kier alpha value is -1.51. The van der Waals surface area contributed by atoms with Crippen LogP contribution in [-0.4, -0.2) is 14.2 Å². The predicted octanol–water partition coefficient (Wildman–Crippen LogP) is 3.85. The Morgan fingerprint density at radius 3 is 2.53 bits per heavy atom. The maximum atomic E-state index is 6.09. The lowest BCUT2D eigenvalue weighted by molar-refractivity contribution is 0.401. The molecule has 0 saturated heterocycles. The van der Waals surface area contributed by atoms with Gasteiger partial charge in [-0.15, -0.1) is 0 Å². The molecule has 19 heavy (non-hydrogen) atoms. The number of hydrogen-bond acceptors (Lipinski definition) is 2. The van der Waals surface area contributed by atoms with E-state index in [0.717, 1.165) is 22.8 Å². The monoisotopic (exact) mass is 275 g/mol. The molecule has 2 aromatic carbocycles. The number of ether oxygens (including phenoxy) is 1. The van der Waals surface area contributed by atoms with Crippen LogP contribution in [0.2, 0.25) is 5.02 Å². The maximum Gasteiger partial charge on any atom is 0.123 e. The number of benzene rings is 2. The van der Waals surface area contributed by atoms with E-state index in [1.54, 1.807) is 7.11 Å². The normalized spacial score (nSPS) is 12.2. The van der Waals surface area contributed by atoms with Crippen molar-refractivity contribution in [2.75, 3.05) is 14.2 Å². The van der Waals surface area contributed by atoms with Crippen LogP contribution in [0.25, 0.3) is 0 Å². The van der Waals surface area contributed by atoms with Gasteiger partial charge in [0.25, 0.3) is 0 Å². The van der Waals surface area contributed by atoms with E-state index >= 15 is 0 Å². The van der Waals surface area contributed by atoms with Crippen LogP contribution in [0.3, 0.4) is 0 Å². The van der Waals surface area contributed by atoms with Crippen LogP contribution in [0.1, 0.15) is 17.2 Å². The van der Waals surface area contributed by atoms with Gasteiger partial charge in [-0.1, -0.05) is 41.9 Å². The summed E-state index contributed by atoms with van der Waals surface area (Å²) in [4.78, 5) is 0. The molecule has 0 amide bonds. The lowest BCUT2D eigenvalue weighted by Gasteiger charge is -2.20. The van der Waals surface area contributed by atoms with Crippen molar-refractivity contribution in [3.63, 3.8) is 0 Å². The minimum absolute atomic E-state index is 0.177. The highest BCUT2D eigenvalue weighted by Gasteiger charge is 2.15. The number of hydrogen-bond donors (Lipinski definition) is 1. The van der Waals surface area contributed by atoms with Gasteiger partial charge in [-0.2, -0.15) is 0 Å². The van der Waals surface area contributed by atoms with E-state index in [2.05, 4.69) is 29.6 Å². The third kappa shape index (κ3) is 3.49. The van der Waals surface area contributed by atoms with Gasteiger partial charge in [0, 0.05) is 16.6 Å². The fourth-order valence-corrected chi connectivity index (χ4v) is 2.38. The van der Waals surface area contributed by atoms with Gasteiger partial charge in [-0.25, -0.2) is 0 Å². The van der Waals surface area contributed by atoms with Gasteiger partial charge in [0.05, 0.1) is 7.11 Å². The van der Waals surface area contributed by atoms with Gasteiger partial charge in [0.2, 0.25) is 0 Å². The van der Waals surface area contributed by atoms with Crippen LogP contribution in [0, 0.1) is 0 Å². The van der Waals surface area contributed by atoms with E-state index in [1.807, 2.05) is 31.3 Å². The van der Waals surface area contributed by atoms with Crippen LogP contribution in [0.15, 0.2) is 48.5 Å². The molecular weight excluding hydrogens is 258 g/mol. The summed E-state index contributed by atoms with van der Waals surface area (Å²) in [5, 5.41) is 4.06. The smallest absolute Gasteiger partial charge is 0.123 e. The molecule has 0 aliphatic heterocycles. The molecule has 0 radical (unpaired) electrons. The fourth-order valence-electron chi connectivity index (χ4n) is 2.19. The molecule has 0 aromatic heterocycles. The van der Waals surface area contributed by atoms with Gasteiger partial charge < -0.3 is 10.1 Å². The van der Waals surface area contributed by atoms with Crippen LogP contribution < -0.4 is 10.1 Å². The Bertz CT molecular complexity index is 528. The molecule has 3 heteroatoms. The molecule has 1 atom stereocenters. The van der Waals surface area contributed by atoms with Crippen LogP contribution in [0.4, 0.5) is 0 Å². The molecule has 2 aromatic rings. The van der Waals surface area contributed by atoms with E-state index in [1.165, 1.54) is 5.56 Å². The lowest BCUT2D eigenvalue weighted by atomic mass is 9.98. The summed E-state index contributed by atoms with van der Waals surface area (Å²) in [6.45, 7) is 0. The van der Waals surface area contributed by atoms with Crippen LogP contribution >= 0.6 is 11.6 Å². The average molecular weight is 276 g/mol. The van der Waals surface area contributed by atoms with Crippen molar-refractivity contribution in [1.82, 2.24) is 5.32 Å². The third-order valence-electron chi connectivity index (χ3n) is 3.20. The molecule has 0 bridgehead atoms.